The Bertz CT molecular complexity index is 1100. The van der Waals surface area contributed by atoms with Crippen LogP contribution < -0.4 is 4.74 Å². The maximum atomic E-state index is 12.8. The number of benzene rings is 2. The van der Waals surface area contributed by atoms with Crippen molar-refractivity contribution in [3.8, 4) is 11.5 Å². The number of carbonyl (C=O) groups excluding carboxylic acids is 1. The topological polar surface area (TPSA) is 113 Å². The zero-order valence-corrected chi connectivity index (χ0v) is 17.5. The van der Waals surface area contributed by atoms with E-state index in [1.54, 1.807) is 0 Å². The van der Waals surface area contributed by atoms with E-state index in [4.69, 9.17) is 21.1 Å². The van der Waals surface area contributed by atoms with Gasteiger partial charge in [-0.05, 0) is 31.2 Å². The van der Waals surface area contributed by atoms with Crippen LogP contribution in [0.15, 0.2) is 46.6 Å². The first-order valence-electron chi connectivity index (χ1n) is 8.56. The molecule has 0 atom stereocenters. The van der Waals surface area contributed by atoms with E-state index >= 15 is 0 Å². The van der Waals surface area contributed by atoms with Crippen LogP contribution in [0.25, 0.3) is 0 Å². The van der Waals surface area contributed by atoms with Gasteiger partial charge in [0.2, 0.25) is 5.90 Å². The van der Waals surface area contributed by atoms with Crippen LogP contribution in [-0.2, 0) is 20.4 Å². The van der Waals surface area contributed by atoms with Gasteiger partial charge in [0.1, 0.15) is 22.8 Å². The van der Waals surface area contributed by atoms with E-state index in [2.05, 4.69) is 14.9 Å². The van der Waals surface area contributed by atoms with Crippen molar-refractivity contribution < 1.29 is 37.1 Å². The number of nitrogens with zero attached hydrogens (tertiary/aromatic N) is 3. The van der Waals surface area contributed by atoms with Gasteiger partial charge in [-0.2, -0.15) is 13.2 Å². The molecular weight excluding hydrogens is 459 g/mol. The average molecular weight is 474 g/mol. The van der Waals surface area contributed by atoms with Crippen molar-refractivity contribution in [3.05, 3.63) is 62.7 Å². The molecule has 0 saturated carbocycles. The summed E-state index contributed by atoms with van der Waals surface area (Å²) < 4.78 is 53.4. The van der Waals surface area contributed by atoms with Gasteiger partial charge in [-0.25, -0.2) is 4.79 Å². The molecule has 2 rings (SSSR count). The number of alkyl halides is 3. The second-order valence-corrected chi connectivity index (χ2v) is 6.37. The Balaban J connectivity index is 2.48. The van der Waals surface area contributed by atoms with Crippen LogP contribution in [0.3, 0.4) is 0 Å². The normalized spacial score (nSPS) is 12.3. The van der Waals surface area contributed by atoms with Crippen LogP contribution in [0.4, 0.5) is 18.9 Å². The molecule has 0 heterocycles. The van der Waals surface area contributed by atoms with Crippen molar-refractivity contribution in [2.24, 2.45) is 10.2 Å². The van der Waals surface area contributed by atoms with E-state index in [1.807, 2.05) is 0 Å². The third-order valence-electron chi connectivity index (χ3n) is 3.85. The number of carbonyl (C=O) groups is 1. The summed E-state index contributed by atoms with van der Waals surface area (Å²) in [6.45, 7) is 1.31. The molecule has 0 bridgehead atoms. The first-order valence-corrected chi connectivity index (χ1v) is 8.93. The van der Waals surface area contributed by atoms with E-state index in [1.165, 1.54) is 20.1 Å². The first kappa shape index (κ1) is 24.6. The molecule has 0 aromatic heterocycles. The molecule has 0 radical (unpaired) electrons. The summed E-state index contributed by atoms with van der Waals surface area (Å²) in [4.78, 5) is 22.1. The summed E-state index contributed by atoms with van der Waals surface area (Å²) in [5.74, 6) is -1.22. The van der Waals surface area contributed by atoms with Crippen LogP contribution in [0.1, 0.15) is 18.1 Å². The quantitative estimate of drug-likeness (QED) is 0.192. The Morgan fingerprint density at radius 2 is 1.78 bits per heavy atom. The Labute approximate surface area is 184 Å². The molecule has 2 aromatic rings. The van der Waals surface area contributed by atoms with Crippen molar-refractivity contribution in [1.29, 1.82) is 0 Å². The fourth-order valence-electron chi connectivity index (χ4n) is 2.31. The number of nitro benzene ring substituents is 1. The van der Waals surface area contributed by atoms with E-state index in [0.29, 0.717) is 6.07 Å². The maximum absolute atomic E-state index is 12.8. The SMILES string of the molecule is COC(=O)C(C)=NN=C(OC)c1cc(Oc2ccc(C(F)(F)F)cc2Cl)ccc1[N+](=O)[O-]. The highest BCUT2D eigenvalue weighted by Crippen LogP contribution is 2.37. The third kappa shape index (κ3) is 5.94. The Morgan fingerprint density at radius 3 is 2.31 bits per heavy atom. The van der Waals surface area contributed by atoms with Crippen LogP contribution in [0.5, 0.6) is 11.5 Å². The highest BCUT2D eigenvalue weighted by molar-refractivity contribution is 6.35. The maximum Gasteiger partial charge on any atom is 0.416 e. The highest BCUT2D eigenvalue weighted by Gasteiger charge is 2.31. The predicted molar refractivity (Wildman–Crippen MR) is 108 cm³/mol. The number of methoxy groups -OCH3 is 2. The molecule has 170 valence electrons. The Morgan fingerprint density at radius 1 is 1.09 bits per heavy atom. The molecule has 0 amide bonds. The van der Waals surface area contributed by atoms with Gasteiger partial charge in [0.05, 0.1) is 29.7 Å². The number of esters is 1. The molecule has 0 aliphatic carbocycles. The van der Waals surface area contributed by atoms with Gasteiger partial charge in [-0.3, -0.25) is 10.1 Å². The molecule has 0 unspecified atom stereocenters. The molecule has 9 nitrogen and oxygen atoms in total. The lowest BCUT2D eigenvalue weighted by molar-refractivity contribution is -0.385. The van der Waals surface area contributed by atoms with Crippen molar-refractivity contribution in [2.45, 2.75) is 13.1 Å². The zero-order chi connectivity index (χ0) is 24.1. The zero-order valence-electron chi connectivity index (χ0n) is 16.8. The number of ether oxygens (including phenoxy) is 3. The summed E-state index contributed by atoms with van der Waals surface area (Å²) in [5.41, 5.74) is -1.71. The van der Waals surface area contributed by atoms with Crippen LogP contribution in [0, 0.1) is 10.1 Å². The molecule has 0 aliphatic heterocycles. The molecule has 0 N–H and O–H groups in total. The molecule has 13 heteroatoms. The summed E-state index contributed by atoms with van der Waals surface area (Å²) in [6, 6.07) is 5.94. The number of halogens is 4. The van der Waals surface area contributed by atoms with Crippen LogP contribution in [0.2, 0.25) is 5.02 Å². The fourth-order valence-corrected chi connectivity index (χ4v) is 2.53. The van der Waals surface area contributed by atoms with Crippen molar-refractivity contribution in [1.82, 2.24) is 0 Å². The van der Waals surface area contributed by atoms with Gasteiger partial charge in [-0.1, -0.05) is 11.6 Å². The van der Waals surface area contributed by atoms with Gasteiger partial charge in [-0.15, -0.1) is 10.2 Å². The molecule has 2 aromatic carbocycles. The monoisotopic (exact) mass is 473 g/mol. The average Bonchev–Trinajstić information content (AvgIpc) is 2.74. The number of nitro groups is 1. The lowest BCUT2D eigenvalue weighted by atomic mass is 10.1. The van der Waals surface area contributed by atoms with Gasteiger partial charge in [0, 0.05) is 12.1 Å². The van der Waals surface area contributed by atoms with Gasteiger partial charge in [0.25, 0.3) is 5.69 Å². The standard InChI is InChI=1S/C19H15ClF3N3O6/c1-10(18(27)31-3)24-25-17(30-2)13-9-12(5-6-15(13)26(28)29)32-16-7-4-11(8-14(16)20)19(21,22)23/h4-9H,1-3H3. The lowest BCUT2D eigenvalue weighted by Gasteiger charge is -2.12. The van der Waals surface area contributed by atoms with E-state index in [-0.39, 0.29) is 33.7 Å². The fraction of sp³-hybridized carbons (Fsp3) is 0.211. The van der Waals surface area contributed by atoms with Gasteiger partial charge >= 0.3 is 12.1 Å². The number of hydrogen-bond donors (Lipinski definition) is 0. The summed E-state index contributed by atoms with van der Waals surface area (Å²) >= 11 is 5.88. The van der Waals surface area contributed by atoms with Crippen molar-refractivity contribution >= 4 is 34.9 Å². The summed E-state index contributed by atoms with van der Waals surface area (Å²) in [7, 11) is 2.31. The Kier molecular flexibility index (Phi) is 7.76. The van der Waals surface area contributed by atoms with E-state index < -0.39 is 28.3 Å². The minimum Gasteiger partial charge on any atom is -0.479 e. The molecule has 0 spiro atoms. The third-order valence-corrected chi connectivity index (χ3v) is 4.14. The summed E-state index contributed by atoms with van der Waals surface area (Å²) in [6.07, 6.45) is -4.59. The predicted octanol–water partition coefficient (Wildman–Crippen LogP) is 5.00. The second kappa shape index (κ2) is 10.1. The molecule has 0 saturated heterocycles. The van der Waals surface area contributed by atoms with Crippen LogP contribution in [-0.4, -0.2) is 36.7 Å². The van der Waals surface area contributed by atoms with Gasteiger partial charge < -0.3 is 14.2 Å². The largest absolute Gasteiger partial charge is 0.479 e. The minimum absolute atomic E-state index is 0.00863. The molecular formula is C19H15ClF3N3O6. The van der Waals surface area contributed by atoms with E-state index in [9.17, 15) is 28.1 Å². The molecule has 32 heavy (non-hydrogen) atoms. The number of hydrogen-bond acceptors (Lipinski definition) is 8. The van der Waals surface area contributed by atoms with Crippen LogP contribution >= 0.6 is 11.6 Å². The smallest absolute Gasteiger partial charge is 0.416 e. The first-order chi connectivity index (χ1) is 15.0. The second-order valence-electron chi connectivity index (χ2n) is 5.97. The molecule has 0 fully saturated rings. The highest BCUT2D eigenvalue weighted by atomic mass is 35.5. The Hall–Kier alpha value is -3.67. The number of rotatable bonds is 6. The minimum atomic E-state index is -4.59. The van der Waals surface area contributed by atoms with Crippen molar-refractivity contribution in [3.63, 3.8) is 0 Å². The van der Waals surface area contributed by atoms with Gasteiger partial charge in [0.15, 0.2) is 0 Å². The van der Waals surface area contributed by atoms with Crippen molar-refractivity contribution in [2.75, 3.05) is 14.2 Å². The van der Waals surface area contributed by atoms with E-state index in [0.717, 1.165) is 31.4 Å². The summed E-state index contributed by atoms with van der Waals surface area (Å²) in [5, 5.41) is 18.4. The lowest BCUT2D eigenvalue weighted by Crippen LogP contribution is -2.12. The molecule has 0 aliphatic rings.